The molecule has 1 N–H and O–H groups in total. The van der Waals surface area contributed by atoms with Crippen molar-refractivity contribution in [2.75, 3.05) is 5.32 Å². The lowest BCUT2D eigenvalue weighted by Crippen LogP contribution is -2.31. The molecule has 0 saturated carbocycles. The minimum absolute atomic E-state index is 0.333. The highest BCUT2D eigenvalue weighted by atomic mass is 15.0. The summed E-state index contributed by atoms with van der Waals surface area (Å²) < 4.78 is 0. The van der Waals surface area contributed by atoms with Gasteiger partial charge in [0.1, 0.15) is 0 Å². The van der Waals surface area contributed by atoms with Gasteiger partial charge in [-0.15, -0.1) is 0 Å². The van der Waals surface area contributed by atoms with E-state index in [4.69, 9.17) is 0 Å². The highest BCUT2D eigenvalue weighted by Gasteiger charge is 2.31. The molecule has 1 nitrogen and oxygen atoms in total. The first-order valence-corrected chi connectivity index (χ1v) is 5.75. The second-order valence-electron chi connectivity index (χ2n) is 5.81. The molecule has 0 saturated heterocycles. The quantitative estimate of drug-likeness (QED) is 0.678. The van der Waals surface area contributed by atoms with E-state index in [2.05, 4.69) is 52.1 Å². The van der Waals surface area contributed by atoms with Gasteiger partial charge in [-0.3, -0.25) is 0 Å². The van der Waals surface area contributed by atoms with Crippen LogP contribution in [0.25, 0.3) is 0 Å². The first kappa shape index (κ1) is 10.5. The van der Waals surface area contributed by atoms with Gasteiger partial charge >= 0.3 is 0 Å². The Bertz CT molecular complexity index is 385. The van der Waals surface area contributed by atoms with Gasteiger partial charge in [0.25, 0.3) is 0 Å². The Labute approximate surface area is 92.9 Å². The van der Waals surface area contributed by atoms with Crippen LogP contribution >= 0.6 is 0 Å². The Morgan fingerprint density at radius 2 is 1.87 bits per heavy atom. The third-order valence-electron chi connectivity index (χ3n) is 3.61. The molecule has 82 valence electrons. The smallest absolute Gasteiger partial charge is 0.0408 e. The van der Waals surface area contributed by atoms with Crippen molar-refractivity contribution in [2.24, 2.45) is 5.41 Å². The van der Waals surface area contributed by atoms with Gasteiger partial charge in [0.05, 0.1) is 0 Å². The van der Waals surface area contributed by atoms with Gasteiger partial charge in [-0.1, -0.05) is 32.9 Å². The van der Waals surface area contributed by atoms with Crippen molar-refractivity contribution in [1.82, 2.24) is 0 Å². The van der Waals surface area contributed by atoms with Crippen molar-refractivity contribution >= 4 is 5.69 Å². The zero-order valence-electron chi connectivity index (χ0n) is 10.4. The van der Waals surface area contributed by atoms with E-state index in [0.717, 1.165) is 0 Å². The Morgan fingerprint density at radius 3 is 2.47 bits per heavy atom. The van der Waals surface area contributed by atoms with E-state index in [0.29, 0.717) is 11.5 Å². The molecule has 0 spiro atoms. The van der Waals surface area contributed by atoms with E-state index in [9.17, 15) is 0 Å². The summed E-state index contributed by atoms with van der Waals surface area (Å²) in [5.41, 5.74) is 6.00. The topological polar surface area (TPSA) is 12.0 Å². The second-order valence-corrected chi connectivity index (χ2v) is 5.81. The predicted octanol–water partition coefficient (Wildman–Crippen LogP) is 3.69. The Balaban J connectivity index is 2.36. The third-order valence-corrected chi connectivity index (χ3v) is 3.61. The maximum Gasteiger partial charge on any atom is 0.0408 e. The molecule has 1 aromatic rings. The number of fused-ring (bicyclic) bond motifs is 1. The molecular formula is C14H21N. The van der Waals surface area contributed by atoms with E-state index < -0.39 is 0 Å². The van der Waals surface area contributed by atoms with Gasteiger partial charge in [0.15, 0.2) is 0 Å². The zero-order chi connectivity index (χ0) is 11.2. The van der Waals surface area contributed by atoms with Crippen molar-refractivity contribution < 1.29 is 0 Å². The van der Waals surface area contributed by atoms with Crippen molar-refractivity contribution in [1.29, 1.82) is 0 Å². The number of nitrogens with one attached hydrogen (secondary N) is 1. The molecule has 1 heterocycles. The lowest BCUT2D eigenvalue weighted by atomic mass is 9.85. The van der Waals surface area contributed by atoms with Crippen LogP contribution in [-0.4, -0.2) is 6.04 Å². The molecule has 1 unspecified atom stereocenters. The molecule has 1 atom stereocenters. The summed E-state index contributed by atoms with van der Waals surface area (Å²) in [5, 5.41) is 3.68. The molecule has 0 aliphatic carbocycles. The number of aryl methyl sites for hydroxylation is 1. The molecule has 0 amide bonds. The predicted molar refractivity (Wildman–Crippen MR) is 66.5 cm³/mol. The molecule has 0 radical (unpaired) electrons. The Morgan fingerprint density at radius 1 is 1.20 bits per heavy atom. The van der Waals surface area contributed by atoms with E-state index in [-0.39, 0.29) is 0 Å². The summed E-state index contributed by atoms with van der Waals surface area (Å²) in [5.74, 6) is 0. The van der Waals surface area contributed by atoms with Crippen LogP contribution in [0.4, 0.5) is 5.69 Å². The number of hydrogen-bond acceptors (Lipinski definition) is 1. The molecule has 15 heavy (non-hydrogen) atoms. The molecular weight excluding hydrogens is 182 g/mol. The fourth-order valence-electron chi connectivity index (χ4n) is 2.21. The van der Waals surface area contributed by atoms with E-state index in [1.165, 1.54) is 28.8 Å². The number of hydrogen-bond donors (Lipinski definition) is 1. The van der Waals surface area contributed by atoms with Crippen molar-refractivity contribution in [3.63, 3.8) is 0 Å². The molecule has 1 heteroatoms. The van der Waals surface area contributed by atoms with E-state index in [1.807, 2.05) is 0 Å². The third kappa shape index (κ3) is 1.75. The molecule has 0 aromatic heterocycles. The SMILES string of the molecule is Cc1ccc2c(c1C)NC(C(C)(C)C)C2. The largest absolute Gasteiger partial charge is 0.381 e. The van der Waals surface area contributed by atoms with Crippen LogP contribution in [0, 0.1) is 19.3 Å². The van der Waals surface area contributed by atoms with E-state index >= 15 is 0 Å². The molecule has 0 bridgehead atoms. The van der Waals surface area contributed by atoms with E-state index in [1.54, 1.807) is 0 Å². The van der Waals surface area contributed by atoms with Crippen LogP contribution in [0.2, 0.25) is 0 Å². The van der Waals surface area contributed by atoms with Gasteiger partial charge in [-0.2, -0.15) is 0 Å². The average Bonchev–Trinajstić information content (AvgIpc) is 2.55. The van der Waals surface area contributed by atoms with Crippen LogP contribution in [0.15, 0.2) is 12.1 Å². The first-order valence-electron chi connectivity index (χ1n) is 5.75. The second kappa shape index (κ2) is 3.26. The van der Waals surface area contributed by atoms with Crippen LogP contribution in [-0.2, 0) is 6.42 Å². The fraction of sp³-hybridized carbons (Fsp3) is 0.571. The van der Waals surface area contributed by atoms with Gasteiger partial charge in [-0.05, 0) is 42.4 Å². The highest BCUT2D eigenvalue weighted by molar-refractivity contribution is 5.64. The van der Waals surface area contributed by atoms with Crippen molar-refractivity contribution in [2.45, 2.75) is 47.1 Å². The zero-order valence-corrected chi connectivity index (χ0v) is 10.4. The summed E-state index contributed by atoms with van der Waals surface area (Å²) in [7, 11) is 0. The summed E-state index contributed by atoms with van der Waals surface area (Å²) in [6.45, 7) is 11.3. The van der Waals surface area contributed by atoms with Gasteiger partial charge < -0.3 is 5.32 Å². The van der Waals surface area contributed by atoms with Crippen LogP contribution in [0.3, 0.4) is 0 Å². The normalized spacial score (nSPS) is 19.9. The van der Waals surface area contributed by atoms with Gasteiger partial charge in [0, 0.05) is 11.7 Å². The summed E-state index contributed by atoms with van der Waals surface area (Å²) in [4.78, 5) is 0. The van der Waals surface area contributed by atoms with Crippen LogP contribution in [0.5, 0.6) is 0 Å². The van der Waals surface area contributed by atoms with Crippen molar-refractivity contribution in [3.8, 4) is 0 Å². The van der Waals surface area contributed by atoms with Crippen molar-refractivity contribution in [3.05, 3.63) is 28.8 Å². The monoisotopic (exact) mass is 203 g/mol. The summed E-state index contributed by atoms with van der Waals surface area (Å²) in [6, 6.07) is 5.09. The first-order chi connectivity index (χ1) is 6.89. The average molecular weight is 203 g/mol. The number of anilines is 1. The minimum Gasteiger partial charge on any atom is -0.381 e. The molecule has 1 aliphatic heterocycles. The molecule has 2 rings (SSSR count). The lowest BCUT2D eigenvalue weighted by molar-refractivity contribution is 0.347. The number of benzene rings is 1. The molecule has 1 aliphatic rings. The van der Waals surface area contributed by atoms with Crippen LogP contribution in [0.1, 0.15) is 37.5 Å². The summed E-state index contributed by atoms with van der Waals surface area (Å²) >= 11 is 0. The van der Waals surface area contributed by atoms with Gasteiger partial charge in [0.2, 0.25) is 0 Å². The Hall–Kier alpha value is -0.980. The van der Waals surface area contributed by atoms with Gasteiger partial charge in [-0.25, -0.2) is 0 Å². The maximum atomic E-state index is 3.68. The molecule has 0 fully saturated rings. The standard InChI is InChI=1S/C14H21N/c1-9-6-7-11-8-12(14(3,4)5)15-13(11)10(9)2/h6-7,12,15H,8H2,1-5H3. The minimum atomic E-state index is 0.333. The highest BCUT2D eigenvalue weighted by Crippen LogP contribution is 2.37. The fourth-order valence-corrected chi connectivity index (χ4v) is 2.21. The molecule has 1 aromatic carbocycles. The lowest BCUT2D eigenvalue weighted by Gasteiger charge is -2.27. The maximum absolute atomic E-state index is 3.68. The number of rotatable bonds is 0. The Kier molecular flexibility index (Phi) is 2.29. The summed E-state index contributed by atoms with van der Waals surface area (Å²) in [6.07, 6.45) is 1.17. The van der Waals surface area contributed by atoms with Crippen LogP contribution < -0.4 is 5.32 Å².